The van der Waals surface area contributed by atoms with Crippen molar-refractivity contribution in [1.82, 2.24) is 9.21 Å². The standard InChI is InChI=1S/C16H26N2O2S/c1-4-15-9-5-6-11-18(15)13-14-8-7-10-16(12-14)21(19,20)17(2)3/h7-8,10,12,15H,4-6,9,11,13H2,1-3H3. The number of likely N-dealkylation sites (tertiary alicyclic amines) is 1. The van der Waals surface area contributed by atoms with Crippen molar-refractivity contribution >= 4 is 10.0 Å². The molecule has 0 bridgehead atoms. The van der Waals surface area contributed by atoms with Crippen molar-refractivity contribution in [1.29, 1.82) is 0 Å². The molecular weight excluding hydrogens is 284 g/mol. The lowest BCUT2D eigenvalue weighted by atomic mass is 9.99. The number of rotatable bonds is 5. The van der Waals surface area contributed by atoms with Crippen molar-refractivity contribution in [2.24, 2.45) is 0 Å². The van der Waals surface area contributed by atoms with Crippen LogP contribution in [0.4, 0.5) is 0 Å². The van der Waals surface area contributed by atoms with Crippen LogP contribution < -0.4 is 0 Å². The fourth-order valence-corrected chi connectivity index (χ4v) is 3.95. The van der Waals surface area contributed by atoms with Crippen LogP contribution in [-0.2, 0) is 16.6 Å². The molecule has 2 rings (SSSR count). The molecule has 5 heteroatoms. The average Bonchev–Trinajstić information content (AvgIpc) is 2.48. The molecule has 0 amide bonds. The second-order valence-electron chi connectivity index (χ2n) is 5.96. The van der Waals surface area contributed by atoms with Gasteiger partial charge in [-0.15, -0.1) is 0 Å². The summed E-state index contributed by atoms with van der Waals surface area (Å²) in [6.07, 6.45) is 4.97. The van der Waals surface area contributed by atoms with Gasteiger partial charge in [0.15, 0.2) is 0 Å². The van der Waals surface area contributed by atoms with Gasteiger partial charge in [0.05, 0.1) is 4.90 Å². The Balaban J connectivity index is 2.18. The second-order valence-corrected chi connectivity index (χ2v) is 8.11. The fraction of sp³-hybridized carbons (Fsp3) is 0.625. The summed E-state index contributed by atoms with van der Waals surface area (Å²) in [5.41, 5.74) is 1.08. The monoisotopic (exact) mass is 310 g/mol. The molecule has 1 aliphatic heterocycles. The van der Waals surface area contributed by atoms with Gasteiger partial charge in [0, 0.05) is 26.7 Å². The summed E-state index contributed by atoms with van der Waals surface area (Å²) in [4.78, 5) is 2.88. The Hall–Kier alpha value is -0.910. The maximum Gasteiger partial charge on any atom is 0.242 e. The van der Waals surface area contributed by atoms with Gasteiger partial charge in [-0.3, -0.25) is 4.90 Å². The topological polar surface area (TPSA) is 40.6 Å². The lowest BCUT2D eigenvalue weighted by Gasteiger charge is -2.35. The van der Waals surface area contributed by atoms with Crippen LogP contribution in [-0.4, -0.2) is 44.3 Å². The van der Waals surface area contributed by atoms with Crippen molar-refractivity contribution < 1.29 is 8.42 Å². The summed E-state index contributed by atoms with van der Waals surface area (Å²) >= 11 is 0. The first-order valence-corrected chi connectivity index (χ1v) is 9.14. The van der Waals surface area contributed by atoms with Crippen LogP contribution in [0.1, 0.15) is 38.2 Å². The van der Waals surface area contributed by atoms with E-state index in [-0.39, 0.29) is 0 Å². The molecule has 1 saturated heterocycles. The van der Waals surface area contributed by atoms with Crippen molar-refractivity contribution in [2.75, 3.05) is 20.6 Å². The Morgan fingerprint density at radius 1 is 1.29 bits per heavy atom. The Labute approximate surface area is 128 Å². The number of hydrogen-bond donors (Lipinski definition) is 0. The van der Waals surface area contributed by atoms with Crippen LogP contribution in [0.3, 0.4) is 0 Å². The largest absolute Gasteiger partial charge is 0.296 e. The third-order valence-corrected chi connectivity index (χ3v) is 6.09. The lowest BCUT2D eigenvalue weighted by molar-refractivity contribution is 0.136. The molecule has 0 aromatic heterocycles. The van der Waals surface area contributed by atoms with E-state index in [4.69, 9.17) is 0 Å². The van der Waals surface area contributed by atoms with E-state index in [1.54, 1.807) is 20.2 Å². The van der Waals surface area contributed by atoms with Crippen molar-refractivity contribution in [3.63, 3.8) is 0 Å². The molecule has 118 valence electrons. The molecule has 0 radical (unpaired) electrons. The third kappa shape index (κ3) is 3.84. The molecule has 1 atom stereocenters. The summed E-state index contributed by atoms with van der Waals surface area (Å²) in [6.45, 7) is 4.19. The number of sulfonamides is 1. The van der Waals surface area contributed by atoms with E-state index in [1.807, 2.05) is 18.2 Å². The van der Waals surface area contributed by atoms with Gasteiger partial charge in [-0.1, -0.05) is 25.5 Å². The molecular formula is C16H26N2O2S. The summed E-state index contributed by atoms with van der Waals surface area (Å²) in [5.74, 6) is 0. The maximum absolute atomic E-state index is 12.2. The SMILES string of the molecule is CCC1CCCCN1Cc1cccc(S(=O)(=O)N(C)C)c1. The first kappa shape index (κ1) is 16.5. The highest BCUT2D eigenvalue weighted by Gasteiger charge is 2.22. The highest BCUT2D eigenvalue weighted by atomic mass is 32.2. The average molecular weight is 310 g/mol. The zero-order valence-electron chi connectivity index (χ0n) is 13.2. The summed E-state index contributed by atoms with van der Waals surface area (Å²) in [5, 5.41) is 0. The molecule has 1 unspecified atom stereocenters. The van der Waals surface area contributed by atoms with Gasteiger partial charge >= 0.3 is 0 Å². The van der Waals surface area contributed by atoms with E-state index in [2.05, 4.69) is 11.8 Å². The van der Waals surface area contributed by atoms with Gasteiger partial charge in [0.25, 0.3) is 0 Å². The number of nitrogens with zero attached hydrogens (tertiary/aromatic N) is 2. The van der Waals surface area contributed by atoms with Gasteiger partial charge in [0.1, 0.15) is 0 Å². The number of piperidine rings is 1. The van der Waals surface area contributed by atoms with Crippen molar-refractivity contribution in [2.45, 2.75) is 50.1 Å². The van der Waals surface area contributed by atoms with Gasteiger partial charge in [-0.05, 0) is 43.5 Å². The van der Waals surface area contributed by atoms with Crippen LogP contribution in [0, 0.1) is 0 Å². The minimum Gasteiger partial charge on any atom is -0.296 e. The van der Waals surface area contributed by atoms with Gasteiger partial charge in [-0.2, -0.15) is 0 Å². The summed E-state index contributed by atoms with van der Waals surface area (Å²) in [6, 6.07) is 7.99. The molecule has 0 saturated carbocycles. The summed E-state index contributed by atoms with van der Waals surface area (Å²) < 4.78 is 25.7. The van der Waals surface area contributed by atoms with E-state index in [1.165, 1.54) is 23.6 Å². The molecule has 0 spiro atoms. The molecule has 1 heterocycles. The second kappa shape index (κ2) is 6.90. The van der Waals surface area contributed by atoms with E-state index in [0.29, 0.717) is 10.9 Å². The van der Waals surface area contributed by atoms with E-state index in [0.717, 1.165) is 25.1 Å². The van der Waals surface area contributed by atoms with Gasteiger partial charge in [0.2, 0.25) is 10.0 Å². The Morgan fingerprint density at radius 3 is 2.71 bits per heavy atom. The van der Waals surface area contributed by atoms with Crippen LogP contribution in [0.2, 0.25) is 0 Å². The molecule has 0 N–H and O–H groups in total. The fourth-order valence-electron chi connectivity index (χ4n) is 2.98. The summed E-state index contributed by atoms with van der Waals surface area (Å²) in [7, 11) is -0.206. The van der Waals surface area contributed by atoms with E-state index < -0.39 is 10.0 Å². The third-order valence-electron chi connectivity index (χ3n) is 4.28. The zero-order chi connectivity index (χ0) is 15.5. The first-order valence-electron chi connectivity index (χ1n) is 7.70. The Kier molecular flexibility index (Phi) is 5.41. The van der Waals surface area contributed by atoms with E-state index in [9.17, 15) is 8.42 Å². The molecule has 1 aromatic carbocycles. The zero-order valence-corrected chi connectivity index (χ0v) is 14.1. The van der Waals surface area contributed by atoms with Crippen LogP contribution in [0.25, 0.3) is 0 Å². The normalized spacial score (nSPS) is 20.9. The predicted molar refractivity (Wildman–Crippen MR) is 85.7 cm³/mol. The van der Waals surface area contributed by atoms with Crippen LogP contribution >= 0.6 is 0 Å². The highest BCUT2D eigenvalue weighted by Crippen LogP contribution is 2.23. The van der Waals surface area contributed by atoms with Crippen LogP contribution in [0.15, 0.2) is 29.2 Å². The first-order chi connectivity index (χ1) is 9.95. The number of hydrogen-bond acceptors (Lipinski definition) is 3. The van der Waals surface area contributed by atoms with Gasteiger partial charge in [-0.25, -0.2) is 12.7 Å². The molecule has 4 nitrogen and oxygen atoms in total. The molecule has 1 fully saturated rings. The number of benzene rings is 1. The predicted octanol–water partition coefficient (Wildman–Crippen LogP) is 2.70. The highest BCUT2D eigenvalue weighted by molar-refractivity contribution is 7.89. The van der Waals surface area contributed by atoms with Crippen LogP contribution in [0.5, 0.6) is 0 Å². The van der Waals surface area contributed by atoms with E-state index >= 15 is 0 Å². The van der Waals surface area contributed by atoms with Crippen molar-refractivity contribution in [3.05, 3.63) is 29.8 Å². The molecule has 1 aromatic rings. The lowest BCUT2D eigenvalue weighted by Crippen LogP contribution is -2.38. The minimum absolute atomic E-state index is 0.384. The maximum atomic E-state index is 12.2. The minimum atomic E-state index is -3.34. The molecule has 21 heavy (non-hydrogen) atoms. The Morgan fingerprint density at radius 2 is 2.05 bits per heavy atom. The molecule has 1 aliphatic rings. The van der Waals surface area contributed by atoms with Gasteiger partial charge < -0.3 is 0 Å². The smallest absolute Gasteiger partial charge is 0.242 e. The quantitative estimate of drug-likeness (QED) is 0.839. The molecule has 0 aliphatic carbocycles. The Bertz CT molecular complexity index is 569. The van der Waals surface area contributed by atoms with Crippen molar-refractivity contribution in [3.8, 4) is 0 Å².